The highest BCUT2D eigenvalue weighted by atomic mass is 32.1. The maximum Gasteiger partial charge on any atom is 0.298 e. The summed E-state index contributed by atoms with van der Waals surface area (Å²) in [6.45, 7) is 2.45. The van der Waals surface area contributed by atoms with Crippen LogP contribution in [0.15, 0.2) is 103 Å². The Kier molecular flexibility index (Phi) is 8.39. The second-order valence-electron chi connectivity index (χ2n) is 9.28. The van der Waals surface area contributed by atoms with Crippen molar-refractivity contribution in [3.8, 4) is 10.9 Å². The largest absolute Gasteiger partial charge is 0.430 e. The number of aromatic nitrogens is 2. The number of benzene rings is 4. The predicted octanol–water partition coefficient (Wildman–Crippen LogP) is 7.32. The van der Waals surface area contributed by atoms with E-state index in [0.29, 0.717) is 35.3 Å². The summed E-state index contributed by atoms with van der Waals surface area (Å²) in [6, 6.07) is 32.4. The molecule has 0 aliphatic heterocycles. The molecule has 1 N–H and O–H groups in total. The quantitative estimate of drug-likeness (QED) is 0.203. The Morgan fingerprint density at radius 3 is 2.26 bits per heavy atom. The number of aryl methyl sites for hydroxylation is 1. The van der Waals surface area contributed by atoms with Crippen molar-refractivity contribution in [1.82, 2.24) is 14.7 Å². The Morgan fingerprint density at radius 1 is 0.923 bits per heavy atom. The molecule has 0 aliphatic carbocycles. The monoisotopic (exact) mass is 537 g/mol. The van der Waals surface area contributed by atoms with Crippen molar-refractivity contribution in [2.45, 2.75) is 25.7 Å². The van der Waals surface area contributed by atoms with Gasteiger partial charge in [0.1, 0.15) is 11.6 Å². The molecule has 0 radical (unpaired) electrons. The van der Waals surface area contributed by atoms with Gasteiger partial charge in [-0.15, -0.1) is 0 Å². The van der Waals surface area contributed by atoms with Crippen LogP contribution in [0.25, 0.3) is 0 Å². The number of nitrogens with zero attached hydrogens (tertiary/aromatic N) is 2. The van der Waals surface area contributed by atoms with Gasteiger partial charge in [-0.05, 0) is 59.9 Å². The van der Waals surface area contributed by atoms with E-state index in [1.807, 2.05) is 49.4 Å². The molecule has 0 spiro atoms. The molecule has 1 heterocycles. The number of ether oxygens (including phenoxy) is 1. The molecule has 0 saturated heterocycles. The van der Waals surface area contributed by atoms with E-state index in [2.05, 4.69) is 38.9 Å². The van der Waals surface area contributed by atoms with Crippen molar-refractivity contribution >= 4 is 17.4 Å². The lowest BCUT2D eigenvalue weighted by Crippen LogP contribution is -2.26. The molecular weight excluding hydrogens is 509 g/mol. The van der Waals surface area contributed by atoms with Crippen molar-refractivity contribution in [2.24, 2.45) is 0 Å². The molecule has 0 fully saturated rings. The SMILES string of the molecule is Cc1ccc(C(=O)NCCC(c2ccccc2)c2ccccc2)cc1Oc1nc(Cc2ccc(F)cc2)ns1. The zero-order valence-electron chi connectivity index (χ0n) is 21.5. The van der Waals surface area contributed by atoms with Gasteiger partial charge in [0.15, 0.2) is 5.82 Å². The normalized spacial score (nSPS) is 10.9. The van der Waals surface area contributed by atoms with Gasteiger partial charge in [-0.2, -0.15) is 9.36 Å². The first-order valence-electron chi connectivity index (χ1n) is 12.8. The molecule has 0 bridgehead atoms. The van der Waals surface area contributed by atoms with Crippen molar-refractivity contribution < 1.29 is 13.9 Å². The highest BCUT2D eigenvalue weighted by Gasteiger charge is 2.16. The lowest BCUT2D eigenvalue weighted by Gasteiger charge is -2.18. The first kappa shape index (κ1) is 26.3. The minimum atomic E-state index is -0.277. The molecule has 0 aliphatic rings. The zero-order valence-corrected chi connectivity index (χ0v) is 22.3. The summed E-state index contributed by atoms with van der Waals surface area (Å²) in [5.74, 6) is 0.902. The van der Waals surface area contributed by atoms with E-state index in [9.17, 15) is 9.18 Å². The van der Waals surface area contributed by atoms with Crippen LogP contribution in [0.1, 0.15) is 50.8 Å². The summed E-state index contributed by atoms with van der Waals surface area (Å²) in [5, 5.41) is 3.46. The van der Waals surface area contributed by atoms with Crippen LogP contribution < -0.4 is 10.1 Å². The smallest absolute Gasteiger partial charge is 0.298 e. The number of hydrogen-bond acceptors (Lipinski definition) is 5. The number of hydrogen-bond donors (Lipinski definition) is 1. The predicted molar refractivity (Wildman–Crippen MR) is 152 cm³/mol. The maximum atomic E-state index is 13.2. The number of rotatable bonds is 10. The van der Waals surface area contributed by atoms with Gasteiger partial charge in [0.05, 0.1) is 0 Å². The lowest BCUT2D eigenvalue weighted by molar-refractivity contribution is 0.0952. The van der Waals surface area contributed by atoms with Gasteiger partial charge in [0, 0.05) is 36.0 Å². The molecule has 0 atom stereocenters. The van der Waals surface area contributed by atoms with E-state index >= 15 is 0 Å². The molecule has 1 amide bonds. The summed E-state index contributed by atoms with van der Waals surface area (Å²) in [5.41, 5.74) is 4.76. The summed E-state index contributed by atoms with van der Waals surface area (Å²) >= 11 is 1.14. The van der Waals surface area contributed by atoms with E-state index < -0.39 is 0 Å². The van der Waals surface area contributed by atoms with Crippen molar-refractivity contribution in [3.05, 3.63) is 143 Å². The Balaban J connectivity index is 1.22. The lowest BCUT2D eigenvalue weighted by atomic mass is 9.88. The first-order valence-corrected chi connectivity index (χ1v) is 13.6. The maximum absolute atomic E-state index is 13.2. The van der Waals surface area contributed by atoms with E-state index in [0.717, 1.165) is 29.1 Å². The van der Waals surface area contributed by atoms with Crippen LogP contribution >= 0.6 is 11.5 Å². The number of amides is 1. The topological polar surface area (TPSA) is 64.1 Å². The van der Waals surface area contributed by atoms with Crippen molar-refractivity contribution in [2.75, 3.05) is 6.54 Å². The molecule has 39 heavy (non-hydrogen) atoms. The third-order valence-electron chi connectivity index (χ3n) is 6.50. The summed E-state index contributed by atoms with van der Waals surface area (Å²) in [4.78, 5) is 17.5. The highest BCUT2D eigenvalue weighted by Crippen LogP contribution is 2.29. The number of nitrogens with one attached hydrogen (secondary N) is 1. The number of halogens is 1. The summed E-state index contributed by atoms with van der Waals surface area (Å²) in [7, 11) is 0. The van der Waals surface area contributed by atoms with Crippen LogP contribution in [0, 0.1) is 12.7 Å². The van der Waals surface area contributed by atoms with Gasteiger partial charge in [-0.1, -0.05) is 78.9 Å². The molecule has 7 heteroatoms. The third-order valence-corrected chi connectivity index (χ3v) is 7.13. The first-order chi connectivity index (χ1) is 19.0. The third kappa shape index (κ3) is 6.94. The summed E-state index contributed by atoms with van der Waals surface area (Å²) < 4.78 is 23.5. The van der Waals surface area contributed by atoms with Crippen LogP contribution in [0.5, 0.6) is 10.9 Å². The second kappa shape index (κ2) is 12.5. The van der Waals surface area contributed by atoms with E-state index in [1.165, 1.54) is 23.3 Å². The number of carbonyl (C=O) groups is 1. The van der Waals surface area contributed by atoms with E-state index in [1.54, 1.807) is 24.3 Å². The summed E-state index contributed by atoms with van der Waals surface area (Å²) in [6.07, 6.45) is 1.26. The standard InChI is InChI=1S/C32H28FN3O2S/c1-22-12-15-26(21-29(22)38-32-35-30(36-39-32)20-23-13-16-27(33)17-14-23)31(37)34-19-18-28(24-8-4-2-5-9-24)25-10-6-3-7-11-25/h2-17,21,28H,18-20H2,1H3,(H,34,37). The minimum absolute atomic E-state index is 0.158. The molecule has 196 valence electrons. The molecule has 1 aromatic heterocycles. The minimum Gasteiger partial charge on any atom is -0.430 e. The van der Waals surface area contributed by atoms with Crippen LogP contribution in [-0.2, 0) is 6.42 Å². The molecule has 5 nitrogen and oxygen atoms in total. The van der Waals surface area contributed by atoms with E-state index in [4.69, 9.17) is 4.74 Å². The van der Waals surface area contributed by atoms with Crippen LogP contribution in [0.3, 0.4) is 0 Å². The Bertz CT molecular complexity index is 1480. The van der Waals surface area contributed by atoms with Gasteiger partial charge in [-0.25, -0.2) is 4.39 Å². The fourth-order valence-corrected chi connectivity index (χ4v) is 4.97. The van der Waals surface area contributed by atoms with Crippen molar-refractivity contribution in [3.63, 3.8) is 0 Å². The molecule has 0 unspecified atom stereocenters. The average molecular weight is 538 g/mol. The molecule has 0 saturated carbocycles. The van der Waals surface area contributed by atoms with E-state index in [-0.39, 0.29) is 17.6 Å². The molecule has 5 rings (SSSR count). The fraction of sp³-hybridized carbons (Fsp3) is 0.156. The molecular formula is C32H28FN3O2S. The Hall–Kier alpha value is -4.36. The van der Waals surface area contributed by atoms with Gasteiger partial charge in [-0.3, -0.25) is 4.79 Å². The van der Waals surface area contributed by atoms with Gasteiger partial charge >= 0.3 is 0 Å². The number of carbonyl (C=O) groups excluding carboxylic acids is 1. The van der Waals surface area contributed by atoms with Gasteiger partial charge in [0.2, 0.25) is 0 Å². The molecule has 4 aromatic carbocycles. The van der Waals surface area contributed by atoms with Crippen LogP contribution in [0.2, 0.25) is 0 Å². The fourth-order valence-electron chi connectivity index (χ4n) is 4.41. The Labute approximate surface area is 231 Å². The van der Waals surface area contributed by atoms with Crippen LogP contribution in [0.4, 0.5) is 4.39 Å². The average Bonchev–Trinajstić information content (AvgIpc) is 3.41. The van der Waals surface area contributed by atoms with Gasteiger partial charge < -0.3 is 10.1 Å². The molecule has 5 aromatic rings. The highest BCUT2D eigenvalue weighted by molar-refractivity contribution is 7.07. The van der Waals surface area contributed by atoms with Crippen LogP contribution in [-0.4, -0.2) is 21.8 Å². The second-order valence-corrected chi connectivity index (χ2v) is 10.00. The zero-order chi connectivity index (χ0) is 27.0. The van der Waals surface area contributed by atoms with Crippen molar-refractivity contribution in [1.29, 1.82) is 0 Å². The Morgan fingerprint density at radius 2 is 1.59 bits per heavy atom. The van der Waals surface area contributed by atoms with Gasteiger partial charge in [0.25, 0.3) is 11.1 Å².